The number of hydrogen-bond acceptors (Lipinski definition) is 4. The molecular formula is C46H28N4S. The molecule has 0 radical (unpaired) electrons. The van der Waals surface area contributed by atoms with Gasteiger partial charge in [0.1, 0.15) is 0 Å². The number of fused-ring (bicyclic) bond motifs is 10. The molecule has 11 aromatic rings. The molecule has 0 saturated heterocycles. The summed E-state index contributed by atoms with van der Waals surface area (Å²) in [6.45, 7) is 1.31. The van der Waals surface area contributed by atoms with E-state index in [-0.39, 0.29) is 63.8 Å². The van der Waals surface area contributed by atoms with Crippen LogP contribution in [-0.2, 0) is 0 Å². The van der Waals surface area contributed by atoms with Gasteiger partial charge in [-0.05, 0) is 54.3 Å². The van der Waals surface area contributed by atoms with Crippen molar-refractivity contribution in [3.8, 4) is 45.3 Å². The van der Waals surface area contributed by atoms with E-state index in [0.29, 0.717) is 0 Å². The summed E-state index contributed by atoms with van der Waals surface area (Å²) in [5.74, 6) is -2.18. The maximum Gasteiger partial charge on any atom is 0.164 e. The van der Waals surface area contributed by atoms with Crippen LogP contribution in [0.2, 0.25) is 0 Å². The highest BCUT2D eigenvalue weighted by Crippen LogP contribution is 2.49. The summed E-state index contributed by atoms with van der Waals surface area (Å²) < 4.78 is 225. The third-order valence-corrected chi connectivity index (χ3v) is 9.53. The van der Waals surface area contributed by atoms with E-state index in [0.717, 1.165) is 11.3 Å². The van der Waals surface area contributed by atoms with Gasteiger partial charge in [0.05, 0.1) is 50.8 Å². The van der Waals surface area contributed by atoms with Gasteiger partial charge in [0.2, 0.25) is 0 Å². The highest BCUT2D eigenvalue weighted by atomic mass is 32.1. The number of aromatic nitrogens is 4. The third kappa shape index (κ3) is 4.22. The fourth-order valence-corrected chi connectivity index (χ4v) is 7.52. The van der Waals surface area contributed by atoms with Crippen LogP contribution in [0, 0.1) is 6.92 Å². The summed E-state index contributed by atoms with van der Waals surface area (Å²) >= 11 is 0.749. The van der Waals surface area contributed by atoms with Crippen molar-refractivity contribution in [1.29, 1.82) is 0 Å². The van der Waals surface area contributed by atoms with E-state index in [4.69, 9.17) is 23.3 Å². The first-order valence-electron chi connectivity index (χ1n) is 27.7. The van der Waals surface area contributed by atoms with Gasteiger partial charge in [-0.25, -0.2) is 15.0 Å². The first-order chi connectivity index (χ1) is 35.6. The Balaban J connectivity index is 1.34. The third-order valence-electron chi connectivity index (χ3n) is 8.41. The van der Waals surface area contributed by atoms with Gasteiger partial charge in [0, 0.05) is 58.4 Å². The van der Waals surface area contributed by atoms with Crippen LogP contribution in [0.1, 0.15) is 39.8 Å². The second-order valence-electron chi connectivity index (χ2n) is 11.3. The van der Waals surface area contributed by atoms with E-state index in [1.807, 2.05) is 0 Å². The van der Waals surface area contributed by atoms with Crippen LogP contribution in [0.25, 0.3) is 104 Å². The zero-order chi connectivity index (χ0) is 55.4. The molecule has 0 aliphatic carbocycles. The maximum atomic E-state index is 10.0. The fourth-order valence-electron chi connectivity index (χ4n) is 6.35. The Labute approximate surface area is 332 Å². The Bertz CT molecular complexity index is 4460. The van der Waals surface area contributed by atoms with Crippen molar-refractivity contribution < 1.29 is 34.3 Å². The second kappa shape index (κ2) is 10.8. The average Bonchev–Trinajstić information content (AvgIpc) is 4.17. The van der Waals surface area contributed by atoms with Crippen molar-refractivity contribution in [3.63, 3.8) is 0 Å². The maximum absolute atomic E-state index is 10.0. The van der Waals surface area contributed by atoms with Crippen LogP contribution in [0.3, 0.4) is 0 Å². The molecule has 0 bridgehead atoms. The lowest BCUT2D eigenvalue weighted by Gasteiger charge is -2.10. The molecule has 0 aliphatic rings. The molecule has 11 rings (SSSR count). The fraction of sp³-hybridized carbons (Fsp3) is 0.0217. The van der Waals surface area contributed by atoms with Crippen LogP contribution < -0.4 is 0 Å². The number of hydrogen-bond donors (Lipinski definition) is 0. The van der Waals surface area contributed by atoms with E-state index in [2.05, 4.69) is 15.0 Å². The average molecular weight is 694 g/mol. The summed E-state index contributed by atoms with van der Waals surface area (Å²) in [5.41, 5.74) is -3.68. The van der Waals surface area contributed by atoms with Gasteiger partial charge in [0.25, 0.3) is 0 Å². The molecule has 0 spiro atoms. The molecule has 0 aliphatic heterocycles. The Morgan fingerprint density at radius 1 is 0.490 bits per heavy atom. The van der Waals surface area contributed by atoms with Gasteiger partial charge in [-0.3, -0.25) is 0 Å². The van der Waals surface area contributed by atoms with Crippen LogP contribution in [-0.4, -0.2) is 19.4 Å². The minimum absolute atomic E-state index is 0.00573. The molecule has 0 amide bonds. The zero-order valence-electron chi connectivity index (χ0n) is 50.7. The highest BCUT2D eigenvalue weighted by Gasteiger charge is 2.23. The lowest BCUT2D eigenvalue weighted by molar-refractivity contribution is 1.07. The molecule has 238 valence electrons. The normalized spacial score (nSPS) is 18.9. The molecule has 0 saturated carbocycles. The quantitative estimate of drug-likeness (QED) is 0.184. The summed E-state index contributed by atoms with van der Waals surface area (Å²) in [6, 6.07) is -18.2. The van der Waals surface area contributed by atoms with Gasteiger partial charge in [-0.1, -0.05) is 120 Å². The van der Waals surface area contributed by atoms with Crippen molar-refractivity contribution in [2.24, 2.45) is 0 Å². The van der Waals surface area contributed by atoms with E-state index in [9.17, 15) is 11.0 Å². The smallest absolute Gasteiger partial charge is 0.164 e. The zero-order valence-corrected chi connectivity index (χ0v) is 26.5. The molecule has 4 nitrogen and oxygen atoms in total. The van der Waals surface area contributed by atoms with Crippen molar-refractivity contribution in [1.82, 2.24) is 19.4 Å². The molecule has 4 heterocycles. The molecule has 5 heteroatoms. The molecular weight excluding hydrogens is 641 g/mol. The van der Waals surface area contributed by atoms with Gasteiger partial charge in [-0.15, -0.1) is 11.3 Å². The molecule has 0 fully saturated rings. The SMILES string of the molecule is [2H]c1c([2H])c([2H])c(-c2nc(-c3c([2H])c([2H])c([2H])c(C)c3[2H])nc(-c3c([2H])c([2H])c([2H])c(-c4c([2H])c([2H])c([2H])c5sc6c(c([2H])c7c8c([2H])c([2H])c([2H])c([2H])c8n8c9c([2H])c([2H])c([2H])c([2H])c9c6c78)c45)c3[2H])n2)c([2H])c1[2H]. The van der Waals surface area contributed by atoms with Crippen molar-refractivity contribution in [2.75, 3.05) is 0 Å². The number of thiophene rings is 1. The first kappa shape index (κ1) is 13.4. The number of para-hydroxylation sites is 2. The second-order valence-corrected chi connectivity index (χ2v) is 12.3. The summed E-state index contributed by atoms with van der Waals surface area (Å²) in [4.78, 5) is 13.1. The van der Waals surface area contributed by atoms with E-state index < -0.39 is 196 Å². The standard InChI is InChI=1S/C46H28N4S/c1-27-12-9-16-30(24-27)45-47-44(28-13-3-2-4-14-28)48-46(49-45)31-17-10-15-29(25-31)32-20-11-23-39-40(32)36-26-35-33-18-5-7-21-37(33)50-38-22-8-6-19-34(38)41(42(35)50)43(36)51-39/h2-26H,1H3/i2D,3D,4D,5D,6D,7D,8D,9D,10D,11D,12D,13D,14D,15D,16D,17D,18D,19D,20D,21D,22D,23D,24D,25D,26D. The lowest BCUT2D eigenvalue weighted by atomic mass is 9.96. The van der Waals surface area contributed by atoms with Gasteiger partial charge in [-0.2, -0.15) is 0 Å². The van der Waals surface area contributed by atoms with E-state index in [1.165, 1.54) is 11.3 Å². The van der Waals surface area contributed by atoms with E-state index in [1.54, 1.807) is 0 Å². The molecule has 7 aromatic carbocycles. The summed E-state index contributed by atoms with van der Waals surface area (Å²) in [5, 5.41) is -1.01. The Hall–Kier alpha value is -6.43. The predicted molar refractivity (Wildman–Crippen MR) is 214 cm³/mol. The van der Waals surface area contributed by atoms with Crippen molar-refractivity contribution >= 4 is 69.6 Å². The van der Waals surface area contributed by atoms with Gasteiger partial charge in [0.15, 0.2) is 17.5 Å². The van der Waals surface area contributed by atoms with Crippen molar-refractivity contribution in [2.45, 2.75) is 6.92 Å². The molecule has 0 atom stereocenters. The van der Waals surface area contributed by atoms with Crippen LogP contribution >= 0.6 is 11.3 Å². The van der Waals surface area contributed by atoms with Crippen LogP contribution in [0.4, 0.5) is 0 Å². The molecule has 51 heavy (non-hydrogen) atoms. The largest absolute Gasteiger partial charge is 0.308 e. The van der Waals surface area contributed by atoms with E-state index >= 15 is 0 Å². The summed E-state index contributed by atoms with van der Waals surface area (Å²) in [6.07, 6.45) is 0. The Morgan fingerprint density at radius 3 is 1.90 bits per heavy atom. The number of nitrogens with zero attached hydrogens (tertiary/aromatic N) is 4. The Kier molecular flexibility index (Phi) is 2.83. The predicted octanol–water partition coefficient (Wildman–Crippen LogP) is 12.4. The van der Waals surface area contributed by atoms with Crippen LogP contribution in [0.15, 0.2) is 151 Å². The molecule has 0 unspecified atom stereocenters. The first-order valence-corrected chi connectivity index (χ1v) is 16.0. The number of rotatable bonds is 4. The molecule has 0 N–H and O–H groups in total. The monoisotopic (exact) mass is 693 g/mol. The van der Waals surface area contributed by atoms with Gasteiger partial charge < -0.3 is 4.40 Å². The minimum atomic E-state index is -0.956. The minimum Gasteiger partial charge on any atom is -0.308 e. The van der Waals surface area contributed by atoms with Crippen molar-refractivity contribution in [3.05, 3.63) is 157 Å². The highest BCUT2D eigenvalue weighted by molar-refractivity contribution is 7.27. The lowest BCUT2D eigenvalue weighted by Crippen LogP contribution is -2.00. The molecule has 4 aromatic heterocycles. The summed E-state index contributed by atoms with van der Waals surface area (Å²) in [7, 11) is 0. The number of benzene rings is 7. The van der Waals surface area contributed by atoms with Crippen LogP contribution in [0.5, 0.6) is 0 Å². The van der Waals surface area contributed by atoms with Gasteiger partial charge >= 0.3 is 0 Å². The topological polar surface area (TPSA) is 43.1 Å². The Morgan fingerprint density at radius 2 is 1.10 bits per heavy atom.